The van der Waals surface area contributed by atoms with E-state index in [0.29, 0.717) is 22.3 Å². The Morgan fingerprint density at radius 3 is 2.29 bits per heavy atom. The summed E-state index contributed by atoms with van der Waals surface area (Å²) < 4.78 is 40.1. The van der Waals surface area contributed by atoms with Crippen LogP contribution in [0.2, 0.25) is 0 Å². The Kier molecular flexibility index (Phi) is 7.62. The van der Waals surface area contributed by atoms with Gasteiger partial charge >= 0.3 is 5.97 Å². The first-order valence-electron chi connectivity index (χ1n) is 8.12. The molecule has 2 rings (SSSR count). The van der Waals surface area contributed by atoms with Crippen LogP contribution < -0.4 is 14.8 Å². The van der Waals surface area contributed by atoms with Crippen molar-refractivity contribution in [3.8, 4) is 11.5 Å². The van der Waals surface area contributed by atoms with Gasteiger partial charge < -0.3 is 19.5 Å². The molecule has 0 spiro atoms. The van der Waals surface area contributed by atoms with E-state index in [1.807, 2.05) is 0 Å². The zero-order valence-corrected chi connectivity index (χ0v) is 16.2. The van der Waals surface area contributed by atoms with E-state index in [9.17, 15) is 18.4 Å². The Bertz CT molecular complexity index is 830. The lowest BCUT2D eigenvalue weighted by atomic mass is 10.2. The molecule has 0 aliphatic heterocycles. The van der Waals surface area contributed by atoms with Gasteiger partial charge in [-0.25, -0.2) is 4.79 Å². The highest BCUT2D eigenvalue weighted by molar-refractivity contribution is 7.99. The van der Waals surface area contributed by atoms with E-state index < -0.39 is 23.7 Å². The molecule has 0 aromatic heterocycles. The maximum atomic E-state index is 12.3. The van der Waals surface area contributed by atoms with Crippen LogP contribution in [0.4, 0.5) is 14.5 Å². The SMILES string of the molecule is COC(=O)c1ccc(O[C@H](C)C(=O)Nc2ccc(SC(F)F)cc2)c(OC)c1. The lowest BCUT2D eigenvalue weighted by Gasteiger charge is -2.17. The van der Waals surface area contributed by atoms with Gasteiger partial charge in [0.15, 0.2) is 17.6 Å². The van der Waals surface area contributed by atoms with E-state index in [1.165, 1.54) is 56.7 Å². The van der Waals surface area contributed by atoms with Crippen LogP contribution in [0, 0.1) is 0 Å². The number of esters is 1. The maximum Gasteiger partial charge on any atom is 0.337 e. The molecule has 0 saturated carbocycles. The molecule has 0 saturated heterocycles. The molecule has 0 unspecified atom stereocenters. The second kappa shape index (κ2) is 9.93. The number of ether oxygens (including phenoxy) is 3. The van der Waals surface area contributed by atoms with Crippen molar-refractivity contribution < 1.29 is 32.6 Å². The average molecular weight is 411 g/mol. The van der Waals surface area contributed by atoms with Crippen LogP contribution in [0.1, 0.15) is 17.3 Å². The molecule has 0 aliphatic carbocycles. The molecule has 9 heteroatoms. The van der Waals surface area contributed by atoms with Gasteiger partial charge in [0.2, 0.25) is 0 Å². The van der Waals surface area contributed by atoms with Gasteiger partial charge in [-0.1, -0.05) is 11.8 Å². The Labute approximate surface area is 165 Å². The average Bonchev–Trinajstić information content (AvgIpc) is 2.68. The number of hydrogen-bond acceptors (Lipinski definition) is 6. The molecule has 2 aromatic rings. The summed E-state index contributed by atoms with van der Waals surface area (Å²) in [5, 5.41) is 2.64. The molecule has 1 N–H and O–H groups in total. The number of rotatable bonds is 8. The normalized spacial score (nSPS) is 11.6. The number of thioether (sulfide) groups is 1. The third-order valence-corrected chi connectivity index (χ3v) is 4.33. The quantitative estimate of drug-likeness (QED) is 0.518. The number of anilines is 1. The number of carbonyl (C=O) groups is 2. The Morgan fingerprint density at radius 2 is 1.71 bits per heavy atom. The summed E-state index contributed by atoms with van der Waals surface area (Å²) in [7, 11) is 2.68. The minimum Gasteiger partial charge on any atom is -0.493 e. The topological polar surface area (TPSA) is 73.9 Å². The monoisotopic (exact) mass is 411 g/mol. The smallest absolute Gasteiger partial charge is 0.337 e. The maximum absolute atomic E-state index is 12.3. The van der Waals surface area contributed by atoms with Crippen molar-refractivity contribution in [2.75, 3.05) is 19.5 Å². The lowest BCUT2D eigenvalue weighted by molar-refractivity contribution is -0.122. The molecule has 0 heterocycles. The molecule has 1 atom stereocenters. The molecule has 28 heavy (non-hydrogen) atoms. The molecule has 6 nitrogen and oxygen atoms in total. The van der Waals surface area contributed by atoms with Crippen molar-refractivity contribution in [3.63, 3.8) is 0 Å². The predicted molar refractivity (Wildman–Crippen MR) is 101 cm³/mol. The van der Waals surface area contributed by atoms with Crippen LogP contribution in [0.3, 0.4) is 0 Å². The number of carbonyl (C=O) groups excluding carboxylic acids is 2. The number of benzene rings is 2. The highest BCUT2D eigenvalue weighted by atomic mass is 32.2. The fraction of sp³-hybridized carbons (Fsp3) is 0.263. The van der Waals surface area contributed by atoms with Crippen LogP contribution in [0.15, 0.2) is 47.4 Å². The van der Waals surface area contributed by atoms with Crippen molar-refractivity contribution in [1.29, 1.82) is 0 Å². The highest BCUT2D eigenvalue weighted by Gasteiger charge is 2.18. The van der Waals surface area contributed by atoms with Gasteiger partial charge in [0, 0.05) is 10.6 Å². The number of alkyl halides is 2. The second-order valence-corrected chi connectivity index (χ2v) is 6.57. The van der Waals surface area contributed by atoms with Gasteiger partial charge in [-0.2, -0.15) is 8.78 Å². The van der Waals surface area contributed by atoms with Crippen LogP contribution >= 0.6 is 11.8 Å². The van der Waals surface area contributed by atoms with Gasteiger partial charge in [0.05, 0.1) is 19.8 Å². The van der Waals surface area contributed by atoms with E-state index in [2.05, 4.69) is 10.1 Å². The summed E-state index contributed by atoms with van der Waals surface area (Å²) in [4.78, 5) is 24.3. The number of hydrogen-bond donors (Lipinski definition) is 1. The van der Waals surface area contributed by atoms with Crippen molar-refractivity contribution >= 4 is 29.3 Å². The van der Waals surface area contributed by atoms with E-state index in [-0.39, 0.29) is 17.1 Å². The molecule has 2 aromatic carbocycles. The Balaban J connectivity index is 2.02. The largest absolute Gasteiger partial charge is 0.493 e. The molecule has 0 fully saturated rings. The van der Waals surface area contributed by atoms with Gasteiger partial charge in [-0.05, 0) is 49.4 Å². The Hall–Kier alpha value is -2.81. The highest BCUT2D eigenvalue weighted by Crippen LogP contribution is 2.30. The van der Waals surface area contributed by atoms with E-state index >= 15 is 0 Å². The molecule has 0 radical (unpaired) electrons. The summed E-state index contributed by atoms with van der Waals surface area (Å²) in [6.07, 6.45) is -0.881. The number of halogens is 2. The minimum atomic E-state index is -2.51. The van der Waals surface area contributed by atoms with Crippen molar-refractivity contribution in [2.24, 2.45) is 0 Å². The fourth-order valence-electron chi connectivity index (χ4n) is 2.22. The van der Waals surface area contributed by atoms with Crippen molar-refractivity contribution in [2.45, 2.75) is 23.7 Å². The molecule has 0 aliphatic rings. The van der Waals surface area contributed by atoms with E-state index in [0.717, 1.165) is 0 Å². The third-order valence-electron chi connectivity index (χ3n) is 3.60. The molecular weight excluding hydrogens is 392 g/mol. The summed E-state index contributed by atoms with van der Waals surface area (Å²) in [6, 6.07) is 10.5. The number of methoxy groups -OCH3 is 2. The summed E-state index contributed by atoms with van der Waals surface area (Å²) >= 11 is 0.425. The van der Waals surface area contributed by atoms with Crippen LogP contribution in [-0.2, 0) is 9.53 Å². The first-order chi connectivity index (χ1) is 13.3. The van der Waals surface area contributed by atoms with Gasteiger partial charge in [-0.15, -0.1) is 0 Å². The van der Waals surface area contributed by atoms with Crippen LogP contribution in [0.25, 0.3) is 0 Å². The first kappa shape index (κ1) is 21.5. The van der Waals surface area contributed by atoms with Gasteiger partial charge in [-0.3, -0.25) is 4.79 Å². The third kappa shape index (κ3) is 5.85. The van der Waals surface area contributed by atoms with E-state index in [4.69, 9.17) is 9.47 Å². The van der Waals surface area contributed by atoms with E-state index in [1.54, 1.807) is 6.92 Å². The number of nitrogens with one attached hydrogen (secondary N) is 1. The second-order valence-electron chi connectivity index (χ2n) is 5.51. The molecule has 1 amide bonds. The molecule has 150 valence electrons. The van der Waals surface area contributed by atoms with Crippen molar-refractivity contribution in [1.82, 2.24) is 0 Å². The van der Waals surface area contributed by atoms with Crippen molar-refractivity contribution in [3.05, 3.63) is 48.0 Å². The predicted octanol–water partition coefficient (Wildman–Crippen LogP) is 4.20. The standard InChI is InChI=1S/C19H19F2NO5S/c1-11(17(23)22-13-5-7-14(8-6-13)28-19(20)21)27-15-9-4-12(18(24)26-3)10-16(15)25-2/h4-11,19H,1-3H3,(H,22,23)/t11-/m1/s1. The lowest BCUT2D eigenvalue weighted by Crippen LogP contribution is -2.30. The summed E-state index contributed by atoms with van der Waals surface area (Å²) in [5.41, 5.74) is 0.734. The zero-order valence-electron chi connectivity index (χ0n) is 15.4. The molecule has 0 bridgehead atoms. The Morgan fingerprint density at radius 1 is 1.04 bits per heavy atom. The van der Waals surface area contributed by atoms with Gasteiger partial charge in [0.1, 0.15) is 0 Å². The summed E-state index contributed by atoms with van der Waals surface area (Å²) in [5.74, 6) is -2.91. The van der Waals surface area contributed by atoms with Gasteiger partial charge in [0.25, 0.3) is 11.7 Å². The number of amides is 1. The molecular formula is C19H19F2NO5S. The first-order valence-corrected chi connectivity index (χ1v) is 9.00. The zero-order chi connectivity index (χ0) is 20.7. The summed E-state index contributed by atoms with van der Waals surface area (Å²) in [6.45, 7) is 1.55. The minimum absolute atomic E-state index is 0.274. The van der Waals surface area contributed by atoms with Crippen LogP contribution in [0.5, 0.6) is 11.5 Å². The van der Waals surface area contributed by atoms with Crippen LogP contribution in [-0.4, -0.2) is 38.0 Å². The fourth-order valence-corrected chi connectivity index (χ4v) is 2.72.